The molecule has 1 atom stereocenters. The van der Waals surface area contributed by atoms with Gasteiger partial charge in [0.25, 0.3) is 0 Å². The number of aliphatic hydroxyl groups is 1. The summed E-state index contributed by atoms with van der Waals surface area (Å²) >= 11 is 9.53. The summed E-state index contributed by atoms with van der Waals surface area (Å²) in [6.45, 7) is 2.73. The lowest BCUT2D eigenvalue weighted by atomic mass is 9.87. The van der Waals surface area contributed by atoms with Crippen molar-refractivity contribution in [3.8, 4) is 11.5 Å². The topological polar surface area (TPSA) is 41.9 Å². The van der Waals surface area contributed by atoms with E-state index in [1.54, 1.807) is 0 Å². The first kappa shape index (κ1) is 19.1. The number of fused-ring (bicyclic) bond motifs is 1. The first-order chi connectivity index (χ1) is 13.0. The molecule has 2 aliphatic heterocycles. The Hall–Kier alpha value is -1.27. The molecule has 144 valence electrons. The van der Waals surface area contributed by atoms with E-state index in [1.165, 1.54) is 5.56 Å². The van der Waals surface area contributed by atoms with E-state index in [4.69, 9.17) is 21.1 Å². The van der Waals surface area contributed by atoms with Crippen LogP contribution in [0.4, 0.5) is 0 Å². The van der Waals surface area contributed by atoms with Crippen molar-refractivity contribution in [2.75, 3.05) is 26.2 Å². The van der Waals surface area contributed by atoms with Gasteiger partial charge in [0, 0.05) is 48.4 Å². The van der Waals surface area contributed by atoms with Crippen LogP contribution in [0, 0.1) is 0 Å². The Bertz CT molecular complexity index is 808. The van der Waals surface area contributed by atoms with Crippen LogP contribution < -0.4 is 9.47 Å². The molecule has 0 aliphatic carbocycles. The Morgan fingerprint density at radius 2 is 2.04 bits per heavy atom. The molecule has 6 heteroatoms. The van der Waals surface area contributed by atoms with Crippen LogP contribution in [0.25, 0.3) is 0 Å². The van der Waals surface area contributed by atoms with Gasteiger partial charge >= 0.3 is 0 Å². The van der Waals surface area contributed by atoms with Crippen molar-refractivity contribution in [2.24, 2.45) is 0 Å². The van der Waals surface area contributed by atoms with Gasteiger partial charge in [-0.3, -0.25) is 0 Å². The zero-order valence-corrected chi connectivity index (χ0v) is 17.4. The Morgan fingerprint density at radius 1 is 1.22 bits per heavy atom. The van der Waals surface area contributed by atoms with Crippen molar-refractivity contribution in [1.29, 1.82) is 0 Å². The molecule has 0 radical (unpaired) electrons. The summed E-state index contributed by atoms with van der Waals surface area (Å²) < 4.78 is 12.9. The number of nitrogens with zero attached hydrogens (tertiary/aromatic N) is 1. The summed E-state index contributed by atoms with van der Waals surface area (Å²) in [7, 11) is 0. The number of aliphatic hydroxyl groups excluding tert-OH is 1. The Kier molecular flexibility index (Phi) is 5.65. The molecular weight excluding hydrogens is 430 g/mol. The van der Waals surface area contributed by atoms with Crippen molar-refractivity contribution < 1.29 is 14.6 Å². The summed E-state index contributed by atoms with van der Waals surface area (Å²) in [4.78, 5) is 2.29. The van der Waals surface area contributed by atoms with Gasteiger partial charge < -0.3 is 19.5 Å². The van der Waals surface area contributed by atoms with Crippen LogP contribution in [0.5, 0.6) is 11.5 Å². The number of β-amino-alcohol motifs (C(OH)–C–C–N with tert-alkyl or cyclic N) is 1. The zero-order valence-electron chi connectivity index (χ0n) is 15.0. The molecule has 4 nitrogen and oxygen atoms in total. The van der Waals surface area contributed by atoms with E-state index < -0.39 is 6.10 Å². The van der Waals surface area contributed by atoms with E-state index in [9.17, 15) is 5.11 Å². The Balaban J connectivity index is 1.25. The fourth-order valence-electron chi connectivity index (χ4n) is 3.92. The highest BCUT2D eigenvalue weighted by molar-refractivity contribution is 9.10. The molecule has 4 rings (SSSR count). The molecule has 0 unspecified atom stereocenters. The molecule has 2 aromatic carbocycles. The second kappa shape index (κ2) is 8.00. The van der Waals surface area contributed by atoms with Gasteiger partial charge in [-0.05, 0) is 42.0 Å². The number of piperidine rings is 1. The minimum absolute atomic E-state index is 0.110. The molecule has 1 fully saturated rings. The SMILES string of the molecule is O[C@@H](COc1cccc(Br)c1)CN1CCC2(CC1)Cc1cc(Cl)ccc1O2. The number of halogens is 2. The summed E-state index contributed by atoms with van der Waals surface area (Å²) in [6, 6.07) is 13.5. The van der Waals surface area contributed by atoms with E-state index in [1.807, 2.05) is 42.5 Å². The van der Waals surface area contributed by atoms with E-state index in [2.05, 4.69) is 20.8 Å². The first-order valence-corrected chi connectivity index (χ1v) is 10.4. The van der Waals surface area contributed by atoms with Crippen molar-refractivity contribution in [3.63, 3.8) is 0 Å². The van der Waals surface area contributed by atoms with Crippen molar-refractivity contribution in [3.05, 3.63) is 57.5 Å². The smallest absolute Gasteiger partial charge is 0.123 e. The Labute approximate surface area is 173 Å². The molecule has 1 saturated heterocycles. The summed E-state index contributed by atoms with van der Waals surface area (Å²) in [5.41, 5.74) is 1.10. The van der Waals surface area contributed by atoms with Crippen LogP contribution >= 0.6 is 27.5 Å². The standard InChI is InChI=1S/C21H23BrClNO3/c22-16-2-1-3-19(11-16)26-14-18(25)13-24-8-6-21(7-9-24)12-15-10-17(23)4-5-20(15)27-21/h1-5,10-11,18,25H,6-9,12-14H2/t18-/m1/s1. The number of ether oxygens (including phenoxy) is 2. The lowest BCUT2D eigenvalue weighted by molar-refractivity contribution is -0.00196. The van der Waals surface area contributed by atoms with Crippen LogP contribution in [0.2, 0.25) is 5.02 Å². The molecule has 1 N–H and O–H groups in total. The highest BCUT2D eigenvalue weighted by atomic mass is 79.9. The molecule has 27 heavy (non-hydrogen) atoms. The Morgan fingerprint density at radius 3 is 2.81 bits per heavy atom. The third-order valence-electron chi connectivity index (χ3n) is 5.34. The van der Waals surface area contributed by atoms with Crippen LogP contribution in [-0.2, 0) is 6.42 Å². The number of hydrogen-bond acceptors (Lipinski definition) is 4. The molecule has 0 amide bonds. The van der Waals surface area contributed by atoms with E-state index >= 15 is 0 Å². The molecule has 2 aromatic rings. The highest BCUT2D eigenvalue weighted by Gasteiger charge is 2.42. The third-order valence-corrected chi connectivity index (χ3v) is 6.06. The summed E-state index contributed by atoms with van der Waals surface area (Å²) in [5, 5.41) is 11.1. The average molecular weight is 453 g/mol. The fourth-order valence-corrected chi connectivity index (χ4v) is 4.50. The largest absolute Gasteiger partial charge is 0.491 e. The maximum atomic E-state index is 10.3. The van der Waals surface area contributed by atoms with Gasteiger partial charge in [0.05, 0.1) is 0 Å². The molecular formula is C21H23BrClNO3. The normalized spacial score (nSPS) is 19.5. The van der Waals surface area contributed by atoms with Crippen molar-refractivity contribution in [2.45, 2.75) is 31.0 Å². The summed E-state index contributed by atoms with van der Waals surface area (Å²) in [6.07, 6.45) is 2.32. The quantitative estimate of drug-likeness (QED) is 0.734. The fraction of sp³-hybridized carbons (Fsp3) is 0.429. The van der Waals surface area contributed by atoms with E-state index in [-0.39, 0.29) is 5.60 Å². The van der Waals surface area contributed by atoms with Crippen molar-refractivity contribution >= 4 is 27.5 Å². The second-order valence-corrected chi connectivity index (χ2v) is 8.79. The minimum Gasteiger partial charge on any atom is -0.491 e. The average Bonchev–Trinajstić information content (AvgIpc) is 2.99. The maximum Gasteiger partial charge on any atom is 0.123 e. The lowest BCUT2D eigenvalue weighted by Gasteiger charge is -2.39. The van der Waals surface area contributed by atoms with Gasteiger partial charge in [-0.15, -0.1) is 0 Å². The molecule has 2 heterocycles. The number of likely N-dealkylation sites (tertiary alicyclic amines) is 1. The maximum absolute atomic E-state index is 10.3. The zero-order chi connectivity index (χ0) is 18.9. The molecule has 0 bridgehead atoms. The van der Waals surface area contributed by atoms with Crippen LogP contribution in [0.15, 0.2) is 46.9 Å². The lowest BCUT2D eigenvalue weighted by Crippen LogP contribution is -2.49. The monoisotopic (exact) mass is 451 g/mol. The van der Waals surface area contributed by atoms with E-state index in [0.717, 1.165) is 53.3 Å². The predicted octanol–water partition coefficient (Wildman–Crippen LogP) is 4.31. The van der Waals surface area contributed by atoms with Crippen LogP contribution in [0.3, 0.4) is 0 Å². The van der Waals surface area contributed by atoms with E-state index in [0.29, 0.717) is 13.2 Å². The second-order valence-electron chi connectivity index (χ2n) is 7.44. The molecule has 1 spiro atoms. The highest BCUT2D eigenvalue weighted by Crippen LogP contribution is 2.41. The van der Waals surface area contributed by atoms with Gasteiger partial charge in [0.15, 0.2) is 0 Å². The molecule has 0 saturated carbocycles. The third kappa shape index (κ3) is 4.60. The number of benzene rings is 2. The van der Waals surface area contributed by atoms with Crippen LogP contribution in [-0.4, -0.2) is 48.0 Å². The first-order valence-electron chi connectivity index (χ1n) is 9.28. The summed E-state index contributed by atoms with van der Waals surface area (Å²) in [5.74, 6) is 1.73. The van der Waals surface area contributed by atoms with Gasteiger partial charge in [0.2, 0.25) is 0 Å². The van der Waals surface area contributed by atoms with Gasteiger partial charge in [-0.2, -0.15) is 0 Å². The predicted molar refractivity (Wildman–Crippen MR) is 110 cm³/mol. The molecule has 2 aliphatic rings. The number of rotatable bonds is 5. The van der Waals surface area contributed by atoms with Gasteiger partial charge in [0.1, 0.15) is 29.8 Å². The number of hydrogen-bond donors (Lipinski definition) is 1. The van der Waals surface area contributed by atoms with Gasteiger partial charge in [-0.1, -0.05) is 33.6 Å². The van der Waals surface area contributed by atoms with Gasteiger partial charge in [-0.25, -0.2) is 0 Å². The van der Waals surface area contributed by atoms with Crippen molar-refractivity contribution in [1.82, 2.24) is 4.90 Å². The minimum atomic E-state index is -0.515. The van der Waals surface area contributed by atoms with Crippen LogP contribution in [0.1, 0.15) is 18.4 Å². The molecule has 0 aromatic heterocycles.